The second-order valence-electron chi connectivity index (χ2n) is 20.1. The number of nitrogens with zero attached hydrogens (tertiary/aromatic N) is 1. The number of rotatable bonds is 47. The Morgan fingerprint density at radius 1 is 0.484 bits per heavy atom. The molecule has 0 saturated carbocycles. The van der Waals surface area contributed by atoms with Crippen LogP contribution in [-0.2, 0) is 23.7 Å². The Bertz CT molecular complexity index is 1010. The largest absolute Gasteiger partial charge is 0.508 e. The maximum absolute atomic E-state index is 12.9. The first kappa shape index (κ1) is 62.0. The standard InChI is InChI=1S/C55H108N2O7.H2/c1-8-12-16-20-23-31-40-51(41-32-24-21-17-13-9-2)63-52(58)42-33-25-22-26-34-45-57(47-37-44-56-53(59)64-55(5,6)7)46-35-27-28-36-48-61-54(60)62-49-43-50(38-29-18-14-10-3)39-30-19-15-11-4;/h50-51H,8-49H2,1-7H3,(H,56,59);1H. The van der Waals surface area contributed by atoms with E-state index in [4.69, 9.17) is 18.9 Å². The van der Waals surface area contributed by atoms with Crippen LogP contribution in [0.5, 0.6) is 0 Å². The number of hydrogen-bond acceptors (Lipinski definition) is 8. The summed E-state index contributed by atoms with van der Waals surface area (Å²) in [4.78, 5) is 39.9. The molecular formula is C55H110N2O7. The van der Waals surface area contributed by atoms with Gasteiger partial charge in [0.2, 0.25) is 0 Å². The Hall–Kier alpha value is -2.03. The third-order valence-electron chi connectivity index (χ3n) is 12.5. The van der Waals surface area contributed by atoms with Gasteiger partial charge in [-0.15, -0.1) is 0 Å². The lowest BCUT2D eigenvalue weighted by Gasteiger charge is -2.23. The number of hydrogen-bond donors (Lipinski definition) is 1. The van der Waals surface area contributed by atoms with E-state index in [9.17, 15) is 14.4 Å². The fraction of sp³-hybridized carbons (Fsp3) is 0.945. The molecule has 0 atom stereocenters. The van der Waals surface area contributed by atoms with Crippen LogP contribution in [0.1, 0.15) is 281 Å². The Morgan fingerprint density at radius 3 is 1.44 bits per heavy atom. The second-order valence-corrected chi connectivity index (χ2v) is 20.1. The van der Waals surface area contributed by atoms with Gasteiger partial charge in [-0.2, -0.15) is 0 Å². The van der Waals surface area contributed by atoms with Crippen molar-refractivity contribution in [3.8, 4) is 0 Å². The van der Waals surface area contributed by atoms with Crippen LogP contribution >= 0.6 is 0 Å². The van der Waals surface area contributed by atoms with Crippen LogP contribution in [0.3, 0.4) is 0 Å². The van der Waals surface area contributed by atoms with E-state index in [1.807, 2.05) is 20.8 Å². The molecule has 1 N–H and O–H groups in total. The van der Waals surface area contributed by atoms with Gasteiger partial charge in [-0.3, -0.25) is 4.79 Å². The molecule has 64 heavy (non-hydrogen) atoms. The van der Waals surface area contributed by atoms with Crippen molar-refractivity contribution in [1.29, 1.82) is 0 Å². The average Bonchev–Trinajstić information content (AvgIpc) is 3.25. The van der Waals surface area contributed by atoms with Crippen molar-refractivity contribution >= 4 is 18.2 Å². The number of carbonyl (C=O) groups excluding carboxylic acids is 3. The van der Waals surface area contributed by atoms with Crippen LogP contribution in [0.25, 0.3) is 0 Å². The molecule has 9 nitrogen and oxygen atoms in total. The Labute approximate surface area is 398 Å². The lowest BCUT2D eigenvalue weighted by Crippen LogP contribution is -2.35. The van der Waals surface area contributed by atoms with Gasteiger partial charge in [-0.1, -0.05) is 188 Å². The fourth-order valence-corrected chi connectivity index (χ4v) is 8.54. The van der Waals surface area contributed by atoms with Gasteiger partial charge >= 0.3 is 18.2 Å². The summed E-state index contributed by atoms with van der Waals surface area (Å²) < 4.78 is 22.4. The number of unbranched alkanes of at least 4 members (excludes halogenated alkanes) is 23. The summed E-state index contributed by atoms with van der Waals surface area (Å²) in [6.07, 6.45) is 41.0. The summed E-state index contributed by atoms with van der Waals surface area (Å²) in [5.74, 6) is 0.640. The highest BCUT2D eigenvalue weighted by molar-refractivity contribution is 5.69. The van der Waals surface area contributed by atoms with Crippen molar-refractivity contribution in [3.63, 3.8) is 0 Å². The summed E-state index contributed by atoms with van der Waals surface area (Å²) in [6, 6.07) is 0. The number of ether oxygens (including phenoxy) is 4. The van der Waals surface area contributed by atoms with E-state index in [0.717, 1.165) is 103 Å². The van der Waals surface area contributed by atoms with E-state index < -0.39 is 11.8 Å². The van der Waals surface area contributed by atoms with Gasteiger partial charge in [-0.25, -0.2) is 9.59 Å². The van der Waals surface area contributed by atoms with Crippen molar-refractivity contribution < 1.29 is 34.8 Å². The molecule has 0 aromatic heterocycles. The fourth-order valence-electron chi connectivity index (χ4n) is 8.54. The monoisotopic (exact) mass is 911 g/mol. The quantitative estimate of drug-likeness (QED) is 0.0366. The Morgan fingerprint density at radius 2 is 0.906 bits per heavy atom. The van der Waals surface area contributed by atoms with Crippen molar-refractivity contribution in [1.82, 2.24) is 10.2 Å². The van der Waals surface area contributed by atoms with Gasteiger partial charge in [0.1, 0.15) is 11.7 Å². The molecule has 0 aliphatic heterocycles. The molecule has 0 aromatic carbocycles. The highest BCUT2D eigenvalue weighted by Gasteiger charge is 2.17. The van der Waals surface area contributed by atoms with E-state index in [2.05, 4.69) is 37.9 Å². The molecule has 0 aliphatic carbocycles. The van der Waals surface area contributed by atoms with Gasteiger partial charge in [0, 0.05) is 14.4 Å². The lowest BCUT2D eigenvalue weighted by molar-refractivity contribution is -0.150. The molecule has 0 bridgehead atoms. The van der Waals surface area contributed by atoms with E-state index in [1.54, 1.807) is 0 Å². The molecule has 0 unspecified atom stereocenters. The molecule has 0 heterocycles. The Balaban J connectivity index is 0. The predicted octanol–water partition coefficient (Wildman–Crippen LogP) is 16.9. The van der Waals surface area contributed by atoms with Crippen LogP contribution < -0.4 is 5.32 Å². The molecule has 1 amide bonds. The van der Waals surface area contributed by atoms with Crippen LogP contribution in [-0.4, -0.2) is 74.2 Å². The van der Waals surface area contributed by atoms with Gasteiger partial charge in [0.05, 0.1) is 13.2 Å². The topological polar surface area (TPSA) is 103 Å². The number of esters is 1. The summed E-state index contributed by atoms with van der Waals surface area (Å²) in [6.45, 7) is 19.1. The van der Waals surface area contributed by atoms with E-state index in [1.165, 1.54) is 141 Å². The van der Waals surface area contributed by atoms with E-state index >= 15 is 0 Å². The molecule has 0 aliphatic rings. The first-order chi connectivity index (χ1) is 31.0. The SMILES string of the molecule is CCCCCCCCC(CCCCCCCC)OC(=O)CCCCCCCN(CCCCCCOC(=O)OCCC(CCCCCC)CCCCCC)CCCNC(=O)OC(C)(C)C.[HH]. The lowest BCUT2D eigenvalue weighted by atomic mass is 9.92. The smallest absolute Gasteiger partial charge is 0.462 e. The van der Waals surface area contributed by atoms with E-state index in [0.29, 0.717) is 32.1 Å². The summed E-state index contributed by atoms with van der Waals surface area (Å²) in [5, 5.41) is 2.91. The van der Waals surface area contributed by atoms with Gasteiger partial charge in [0.25, 0.3) is 0 Å². The minimum atomic E-state index is -0.520. The molecule has 0 aromatic rings. The van der Waals surface area contributed by atoms with Gasteiger partial charge in [-0.05, 0) is 111 Å². The van der Waals surface area contributed by atoms with Crippen molar-refractivity contribution in [2.75, 3.05) is 39.4 Å². The second kappa shape index (κ2) is 46.1. The third-order valence-corrected chi connectivity index (χ3v) is 12.5. The van der Waals surface area contributed by atoms with Crippen molar-refractivity contribution in [2.24, 2.45) is 5.92 Å². The first-order valence-electron chi connectivity index (χ1n) is 27.7. The summed E-state index contributed by atoms with van der Waals surface area (Å²) in [7, 11) is 0. The zero-order valence-corrected chi connectivity index (χ0v) is 43.7. The average molecular weight is 911 g/mol. The first-order valence-corrected chi connectivity index (χ1v) is 27.7. The third kappa shape index (κ3) is 45.1. The highest BCUT2D eigenvalue weighted by atomic mass is 16.7. The molecule has 9 heteroatoms. The molecule has 0 rings (SSSR count). The number of nitrogens with one attached hydrogen (secondary N) is 1. The Kier molecular flexibility index (Phi) is 44.6. The highest BCUT2D eigenvalue weighted by Crippen LogP contribution is 2.22. The van der Waals surface area contributed by atoms with Gasteiger partial charge in [0.15, 0.2) is 0 Å². The molecular weight excluding hydrogens is 801 g/mol. The zero-order valence-electron chi connectivity index (χ0n) is 43.7. The van der Waals surface area contributed by atoms with Crippen molar-refractivity contribution in [2.45, 2.75) is 291 Å². The predicted molar refractivity (Wildman–Crippen MR) is 272 cm³/mol. The molecule has 0 saturated heterocycles. The normalized spacial score (nSPS) is 11.8. The molecule has 0 spiro atoms. The number of carbonyl (C=O) groups is 3. The minimum absolute atomic E-state index is 0. The minimum Gasteiger partial charge on any atom is -0.462 e. The molecule has 382 valence electrons. The maximum atomic E-state index is 12.9. The van der Waals surface area contributed by atoms with Gasteiger partial charge < -0.3 is 29.2 Å². The van der Waals surface area contributed by atoms with E-state index in [-0.39, 0.29) is 19.6 Å². The molecule has 0 fully saturated rings. The number of alkyl carbamates (subject to hydrolysis) is 1. The number of amides is 1. The van der Waals surface area contributed by atoms with Crippen LogP contribution in [0.2, 0.25) is 0 Å². The van der Waals surface area contributed by atoms with Crippen molar-refractivity contribution in [3.05, 3.63) is 0 Å². The zero-order chi connectivity index (χ0) is 47.2. The summed E-state index contributed by atoms with van der Waals surface area (Å²) in [5.41, 5.74) is -0.505. The van der Waals surface area contributed by atoms with Crippen LogP contribution in [0, 0.1) is 5.92 Å². The van der Waals surface area contributed by atoms with Crippen LogP contribution in [0.15, 0.2) is 0 Å². The van der Waals surface area contributed by atoms with Crippen LogP contribution in [0.4, 0.5) is 9.59 Å². The molecule has 0 radical (unpaired) electrons. The summed E-state index contributed by atoms with van der Waals surface area (Å²) >= 11 is 0. The maximum Gasteiger partial charge on any atom is 0.508 e.